The number of hydrogen-bond acceptors (Lipinski definition) is 4. The maximum atomic E-state index is 11.2. The molecule has 0 N–H and O–H groups in total. The second-order valence-electron chi connectivity index (χ2n) is 3.55. The summed E-state index contributed by atoms with van der Waals surface area (Å²) in [5.74, 6) is -0.914. The van der Waals surface area contributed by atoms with E-state index in [1.165, 1.54) is 0 Å². The van der Waals surface area contributed by atoms with E-state index in [0.717, 1.165) is 25.7 Å². The van der Waals surface area contributed by atoms with Crippen LogP contribution in [0.1, 0.15) is 39.0 Å². The molecule has 0 aliphatic heterocycles. The Balaban J connectivity index is 3.59. The molecule has 0 aliphatic carbocycles. The number of unbranched alkanes of at least 4 members (excludes halogenated alkanes) is 3. The van der Waals surface area contributed by atoms with E-state index in [9.17, 15) is 9.59 Å². The first-order valence-electron chi connectivity index (χ1n) is 5.53. The van der Waals surface area contributed by atoms with Gasteiger partial charge in [0.15, 0.2) is 0 Å². The fourth-order valence-corrected chi connectivity index (χ4v) is 1.45. The van der Waals surface area contributed by atoms with Crippen molar-refractivity contribution in [1.82, 2.24) is 0 Å². The van der Waals surface area contributed by atoms with Gasteiger partial charge in [-0.25, -0.2) is 4.79 Å². The fraction of sp³-hybridized carbons (Fsp3) is 0.636. The van der Waals surface area contributed by atoms with Gasteiger partial charge in [0.2, 0.25) is 10.5 Å². The molecular formula is C11H20O4Si. The van der Waals surface area contributed by atoms with Crippen LogP contribution in [0.4, 0.5) is 0 Å². The van der Waals surface area contributed by atoms with Gasteiger partial charge in [0, 0.05) is 5.57 Å². The van der Waals surface area contributed by atoms with Crippen molar-refractivity contribution in [2.75, 3.05) is 6.61 Å². The monoisotopic (exact) mass is 244 g/mol. The van der Waals surface area contributed by atoms with Crippen LogP contribution >= 0.6 is 0 Å². The Morgan fingerprint density at radius 1 is 1.25 bits per heavy atom. The molecule has 0 fully saturated rings. The lowest BCUT2D eigenvalue weighted by Crippen LogP contribution is -2.12. The quantitative estimate of drug-likeness (QED) is 0.275. The fourth-order valence-electron chi connectivity index (χ4n) is 1.16. The predicted molar refractivity (Wildman–Crippen MR) is 64.9 cm³/mol. The Hall–Kier alpha value is -1.10. The first-order chi connectivity index (χ1) is 7.61. The average Bonchev–Trinajstić information content (AvgIpc) is 2.27. The summed E-state index contributed by atoms with van der Waals surface area (Å²) < 4.78 is 9.52. The molecule has 0 aliphatic rings. The zero-order chi connectivity index (χ0) is 12.4. The van der Waals surface area contributed by atoms with Crippen molar-refractivity contribution in [3.05, 3.63) is 12.2 Å². The summed E-state index contributed by atoms with van der Waals surface area (Å²) >= 11 is 0. The molecule has 0 bridgehead atoms. The van der Waals surface area contributed by atoms with Gasteiger partial charge in [0.05, 0.1) is 13.0 Å². The van der Waals surface area contributed by atoms with E-state index in [1.54, 1.807) is 0 Å². The lowest BCUT2D eigenvalue weighted by molar-refractivity contribution is -0.144. The van der Waals surface area contributed by atoms with Crippen molar-refractivity contribution in [3.8, 4) is 0 Å². The summed E-state index contributed by atoms with van der Waals surface area (Å²) in [6.45, 7) is 6.01. The second kappa shape index (κ2) is 9.15. The minimum absolute atomic E-state index is 0.0746. The van der Waals surface area contributed by atoms with Crippen LogP contribution < -0.4 is 0 Å². The van der Waals surface area contributed by atoms with E-state index in [2.05, 4.69) is 17.9 Å². The normalized spacial score (nSPS) is 9.81. The van der Waals surface area contributed by atoms with Gasteiger partial charge in [0.1, 0.15) is 0 Å². The lowest BCUT2D eigenvalue weighted by Gasteiger charge is -2.05. The molecule has 0 heterocycles. The Bertz CT molecular complexity index is 250. The number of carbonyl (C=O) groups is 2. The van der Waals surface area contributed by atoms with Crippen LogP contribution in [-0.2, 0) is 18.8 Å². The highest BCUT2D eigenvalue weighted by Crippen LogP contribution is 2.04. The molecule has 92 valence electrons. The lowest BCUT2D eigenvalue weighted by atomic mass is 10.2. The van der Waals surface area contributed by atoms with Crippen molar-refractivity contribution < 1.29 is 18.8 Å². The zero-order valence-electron chi connectivity index (χ0n) is 10.1. The molecule has 0 rings (SSSR count). The minimum atomic E-state index is -0.505. The molecule has 0 amide bonds. The van der Waals surface area contributed by atoms with Crippen molar-refractivity contribution >= 4 is 22.4 Å². The van der Waals surface area contributed by atoms with E-state index < -0.39 is 11.9 Å². The van der Waals surface area contributed by atoms with E-state index in [1.807, 2.05) is 0 Å². The van der Waals surface area contributed by atoms with Crippen LogP contribution in [0.15, 0.2) is 12.2 Å². The van der Waals surface area contributed by atoms with E-state index in [0.29, 0.717) is 17.1 Å². The van der Waals surface area contributed by atoms with Crippen LogP contribution in [-0.4, -0.2) is 29.0 Å². The summed E-state index contributed by atoms with van der Waals surface area (Å²) in [6.07, 6.45) is 4.16. The van der Waals surface area contributed by atoms with E-state index in [-0.39, 0.29) is 12.0 Å². The highest BCUT2D eigenvalue weighted by molar-refractivity contribution is 6.09. The van der Waals surface area contributed by atoms with Crippen LogP contribution in [0.5, 0.6) is 0 Å². The molecule has 0 radical (unpaired) electrons. The number of rotatable bonds is 8. The molecule has 4 nitrogen and oxygen atoms in total. The number of carbonyl (C=O) groups excluding carboxylic acids is 2. The maximum absolute atomic E-state index is 11.2. The van der Waals surface area contributed by atoms with E-state index >= 15 is 0 Å². The van der Waals surface area contributed by atoms with Gasteiger partial charge in [0.25, 0.3) is 0 Å². The predicted octanol–water partition coefficient (Wildman–Crippen LogP) is 0.880. The first kappa shape index (κ1) is 14.9. The molecule has 16 heavy (non-hydrogen) atoms. The SMILES string of the molecule is C=C(CC(=O)OCCCCCC)C(=O)O[SiH3]. The molecule has 0 aromatic heterocycles. The van der Waals surface area contributed by atoms with E-state index in [4.69, 9.17) is 4.74 Å². The van der Waals surface area contributed by atoms with Gasteiger partial charge in [-0.05, 0) is 6.42 Å². The van der Waals surface area contributed by atoms with Gasteiger partial charge in [-0.15, -0.1) is 0 Å². The van der Waals surface area contributed by atoms with Crippen LogP contribution in [0.25, 0.3) is 0 Å². The summed E-state index contributed by atoms with van der Waals surface area (Å²) in [4.78, 5) is 22.2. The Morgan fingerprint density at radius 2 is 1.94 bits per heavy atom. The molecule has 0 aromatic carbocycles. The second-order valence-corrected chi connectivity index (χ2v) is 3.96. The van der Waals surface area contributed by atoms with Gasteiger partial charge < -0.3 is 9.16 Å². The standard InChI is InChI=1S/C11H20O4Si/c1-3-4-5-6-7-14-10(12)8-9(2)11(13)15-16/h2-8H2,1,16H3. The number of ether oxygens (including phenoxy) is 1. The Morgan fingerprint density at radius 3 is 2.50 bits per heavy atom. The summed E-state index contributed by atoms with van der Waals surface area (Å²) in [6, 6.07) is 0. The molecule has 0 atom stereocenters. The molecule has 0 unspecified atom stereocenters. The topological polar surface area (TPSA) is 52.6 Å². The number of hydrogen-bond donors (Lipinski definition) is 0. The molecule has 5 heteroatoms. The Kier molecular flexibility index (Phi) is 8.52. The van der Waals surface area contributed by atoms with Crippen molar-refractivity contribution in [3.63, 3.8) is 0 Å². The first-order valence-corrected chi connectivity index (χ1v) is 6.35. The maximum Gasteiger partial charge on any atom is 0.319 e. The summed E-state index contributed by atoms with van der Waals surface area (Å²) in [5.41, 5.74) is 0.161. The smallest absolute Gasteiger partial charge is 0.319 e. The third-order valence-corrected chi connectivity index (χ3v) is 2.46. The zero-order valence-corrected chi connectivity index (χ0v) is 12.1. The summed E-state index contributed by atoms with van der Waals surface area (Å²) in [7, 11) is 0.313. The minimum Gasteiger partial charge on any atom is -0.526 e. The Labute approximate surface area is 99.5 Å². The third-order valence-electron chi connectivity index (χ3n) is 2.09. The highest BCUT2D eigenvalue weighted by atomic mass is 28.2. The molecule has 0 aromatic rings. The molecule has 0 saturated heterocycles. The van der Waals surface area contributed by atoms with Crippen molar-refractivity contribution in [2.24, 2.45) is 0 Å². The molecular weight excluding hydrogens is 224 g/mol. The van der Waals surface area contributed by atoms with Crippen LogP contribution in [0, 0.1) is 0 Å². The van der Waals surface area contributed by atoms with Gasteiger partial charge >= 0.3 is 11.9 Å². The average molecular weight is 244 g/mol. The van der Waals surface area contributed by atoms with Gasteiger partial charge in [-0.3, -0.25) is 4.79 Å². The highest BCUT2D eigenvalue weighted by Gasteiger charge is 2.12. The number of esters is 1. The van der Waals surface area contributed by atoms with Crippen molar-refractivity contribution in [1.29, 1.82) is 0 Å². The van der Waals surface area contributed by atoms with Gasteiger partial charge in [-0.1, -0.05) is 32.8 Å². The van der Waals surface area contributed by atoms with Crippen LogP contribution in [0.2, 0.25) is 0 Å². The third kappa shape index (κ3) is 7.22. The molecule has 0 spiro atoms. The van der Waals surface area contributed by atoms with Crippen molar-refractivity contribution in [2.45, 2.75) is 39.0 Å². The summed E-state index contributed by atoms with van der Waals surface area (Å²) in [5, 5.41) is 0. The van der Waals surface area contributed by atoms with Crippen LogP contribution in [0.3, 0.4) is 0 Å². The molecule has 0 saturated carbocycles. The largest absolute Gasteiger partial charge is 0.526 e. The van der Waals surface area contributed by atoms with Gasteiger partial charge in [-0.2, -0.15) is 0 Å².